The highest BCUT2D eigenvalue weighted by Gasteiger charge is 2.24. The van der Waals surface area contributed by atoms with Crippen LogP contribution >= 0.6 is 0 Å². The van der Waals surface area contributed by atoms with Crippen molar-refractivity contribution in [3.63, 3.8) is 0 Å². The topological polar surface area (TPSA) is 0 Å². The molecule has 0 saturated heterocycles. The van der Waals surface area contributed by atoms with Crippen molar-refractivity contribution in [2.75, 3.05) is 0 Å². The molecule has 0 amide bonds. The van der Waals surface area contributed by atoms with Crippen LogP contribution in [0.1, 0.15) is 65.2 Å². The third-order valence-corrected chi connectivity index (χ3v) is 3.52. The van der Waals surface area contributed by atoms with Crippen molar-refractivity contribution < 1.29 is 0 Å². The van der Waals surface area contributed by atoms with E-state index >= 15 is 0 Å². The van der Waals surface area contributed by atoms with Gasteiger partial charge in [0.05, 0.1) is 0 Å². The molecule has 1 aliphatic rings. The van der Waals surface area contributed by atoms with Crippen LogP contribution in [0.2, 0.25) is 0 Å². The Kier molecular flexibility index (Phi) is 4.72. The molecule has 0 heteroatoms. The maximum atomic E-state index is 2.36. The molecule has 0 aliphatic heterocycles. The molecule has 0 bridgehead atoms. The lowest BCUT2D eigenvalue weighted by molar-refractivity contribution is 0.344. The zero-order chi connectivity index (χ0) is 8.81. The van der Waals surface area contributed by atoms with Crippen molar-refractivity contribution in [3.05, 3.63) is 0 Å². The van der Waals surface area contributed by atoms with Crippen molar-refractivity contribution in [1.82, 2.24) is 0 Å². The van der Waals surface area contributed by atoms with Gasteiger partial charge in [-0.2, -0.15) is 0 Å². The number of hydrogen-bond acceptors (Lipinski definition) is 0. The minimum absolute atomic E-state index is 1.09. The Morgan fingerprint density at radius 2 is 1.75 bits per heavy atom. The highest BCUT2D eigenvalue weighted by Crippen LogP contribution is 2.37. The van der Waals surface area contributed by atoms with E-state index in [0.717, 1.165) is 11.8 Å². The molecule has 1 aliphatic carbocycles. The van der Waals surface area contributed by atoms with E-state index in [1.54, 1.807) is 0 Å². The fraction of sp³-hybridized carbons (Fsp3) is 1.00. The summed E-state index contributed by atoms with van der Waals surface area (Å²) in [4.78, 5) is 0. The third-order valence-electron chi connectivity index (χ3n) is 3.52. The molecule has 0 aromatic rings. The molecule has 72 valence electrons. The molecule has 0 nitrogen and oxygen atoms in total. The molecule has 1 rings (SSSR count). The normalized spacial score (nSPS) is 29.5. The van der Waals surface area contributed by atoms with Crippen LogP contribution in [-0.4, -0.2) is 0 Å². The molecule has 0 N–H and O–H groups in total. The number of unbranched alkanes of at least 4 members (excludes halogenated alkanes) is 2. The van der Waals surface area contributed by atoms with Crippen molar-refractivity contribution in [3.8, 4) is 0 Å². The van der Waals surface area contributed by atoms with Gasteiger partial charge in [-0.25, -0.2) is 0 Å². The second-order valence-electron chi connectivity index (χ2n) is 4.36. The summed E-state index contributed by atoms with van der Waals surface area (Å²) < 4.78 is 0. The molecule has 1 saturated carbocycles. The first-order chi connectivity index (χ1) is 5.88. The lowest BCUT2D eigenvalue weighted by Gasteiger charge is -2.17. The van der Waals surface area contributed by atoms with Crippen LogP contribution in [0.5, 0.6) is 0 Å². The van der Waals surface area contributed by atoms with Gasteiger partial charge in [0.15, 0.2) is 0 Å². The van der Waals surface area contributed by atoms with Crippen LogP contribution in [0.3, 0.4) is 0 Å². The summed E-state index contributed by atoms with van der Waals surface area (Å²) in [6, 6.07) is 0. The summed E-state index contributed by atoms with van der Waals surface area (Å²) in [5, 5.41) is 0. The van der Waals surface area contributed by atoms with Crippen molar-refractivity contribution in [2.45, 2.75) is 65.2 Å². The van der Waals surface area contributed by atoms with Gasteiger partial charge in [0.2, 0.25) is 0 Å². The molecular weight excluding hydrogens is 144 g/mol. The van der Waals surface area contributed by atoms with Gasteiger partial charge in [-0.1, -0.05) is 65.2 Å². The Balaban J connectivity index is 2.12. The van der Waals surface area contributed by atoms with Gasteiger partial charge in [0, 0.05) is 0 Å². The monoisotopic (exact) mass is 168 g/mol. The summed E-state index contributed by atoms with van der Waals surface area (Å²) in [7, 11) is 0. The SMILES string of the molecule is CCCCC[C@@H]1CCC[C@@H]1CC. The predicted octanol–water partition coefficient (Wildman–Crippen LogP) is 4.39. The first-order valence-electron chi connectivity index (χ1n) is 5.88. The van der Waals surface area contributed by atoms with E-state index in [1.165, 1.54) is 51.4 Å². The van der Waals surface area contributed by atoms with E-state index in [9.17, 15) is 0 Å². The van der Waals surface area contributed by atoms with Crippen molar-refractivity contribution >= 4 is 0 Å². The maximum absolute atomic E-state index is 2.36. The molecule has 0 unspecified atom stereocenters. The second kappa shape index (κ2) is 5.61. The van der Waals surface area contributed by atoms with Crippen LogP contribution < -0.4 is 0 Å². The second-order valence-corrected chi connectivity index (χ2v) is 4.36. The van der Waals surface area contributed by atoms with Gasteiger partial charge in [-0.15, -0.1) is 0 Å². The quantitative estimate of drug-likeness (QED) is 0.534. The van der Waals surface area contributed by atoms with E-state index in [-0.39, 0.29) is 0 Å². The zero-order valence-electron chi connectivity index (χ0n) is 8.81. The van der Waals surface area contributed by atoms with E-state index < -0.39 is 0 Å². The molecule has 2 atom stereocenters. The summed E-state index contributed by atoms with van der Waals surface area (Å²) in [6.45, 7) is 4.66. The average Bonchev–Trinajstić information content (AvgIpc) is 2.52. The minimum atomic E-state index is 1.09. The largest absolute Gasteiger partial charge is 0.0654 e. The Morgan fingerprint density at radius 3 is 2.42 bits per heavy atom. The summed E-state index contributed by atoms with van der Waals surface area (Å²) >= 11 is 0. The van der Waals surface area contributed by atoms with Crippen LogP contribution in [-0.2, 0) is 0 Å². The minimum Gasteiger partial charge on any atom is -0.0654 e. The molecule has 12 heavy (non-hydrogen) atoms. The van der Waals surface area contributed by atoms with Gasteiger partial charge in [-0.3, -0.25) is 0 Å². The number of rotatable bonds is 5. The lowest BCUT2D eigenvalue weighted by Crippen LogP contribution is -2.06. The molecular formula is C12H24. The Morgan fingerprint density at radius 1 is 1.00 bits per heavy atom. The molecule has 0 heterocycles. The molecule has 0 aromatic carbocycles. The zero-order valence-corrected chi connectivity index (χ0v) is 8.81. The van der Waals surface area contributed by atoms with Crippen molar-refractivity contribution in [1.29, 1.82) is 0 Å². The van der Waals surface area contributed by atoms with Gasteiger partial charge in [0.1, 0.15) is 0 Å². The fourth-order valence-corrected chi connectivity index (χ4v) is 2.69. The van der Waals surface area contributed by atoms with E-state index in [4.69, 9.17) is 0 Å². The number of hydrogen-bond donors (Lipinski definition) is 0. The molecule has 0 radical (unpaired) electrons. The van der Waals surface area contributed by atoms with E-state index in [0.29, 0.717) is 0 Å². The van der Waals surface area contributed by atoms with E-state index in [1.807, 2.05) is 0 Å². The Hall–Kier alpha value is 0. The highest BCUT2D eigenvalue weighted by atomic mass is 14.3. The third kappa shape index (κ3) is 2.80. The molecule has 0 aromatic heterocycles. The van der Waals surface area contributed by atoms with Crippen LogP contribution in [0.15, 0.2) is 0 Å². The van der Waals surface area contributed by atoms with Crippen molar-refractivity contribution in [2.24, 2.45) is 11.8 Å². The lowest BCUT2D eigenvalue weighted by atomic mass is 9.89. The summed E-state index contributed by atoms with van der Waals surface area (Å²) in [5.74, 6) is 2.18. The van der Waals surface area contributed by atoms with Gasteiger partial charge in [0.25, 0.3) is 0 Å². The average molecular weight is 168 g/mol. The van der Waals surface area contributed by atoms with Gasteiger partial charge >= 0.3 is 0 Å². The first kappa shape index (κ1) is 10.1. The van der Waals surface area contributed by atoms with Crippen LogP contribution in [0.25, 0.3) is 0 Å². The Labute approximate surface area is 77.7 Å². The Bertz CT molecular complexity index is 107. The van der Waals surface area contributed by atoms with E-state index in [2.05, 4.69) is 13.8 Å². The first-order valence-corrected chi connectivity index (χ1v) is 5.88. The standard InChI is InChI=1S/C12H24/c1-3-5-6-8-12-10-7-9-11(12)4-2/h11-12H,3-10H2,1-2H3/t11-,12+/m0/s1. The summed E-state index contributed by atoms with van der Waals surface area (Å²) in [6.07, 6.45) is 11.8. The van der Waals surface area contributed by atoms with Gasteiger partial charge < -0.3 is 0 Å². The fourth-order valence-electron chi connectivity index (χ4n) is 2.69. The van der Waals surface area contributed by atoms with Gasteiger partial charge in [-0.05, 0) is 11.8 Å². The van der Waals surface area contributed by atoms with Crippen LogP contribution in [0, 0.1) is 11.8 Å². The predicted molar refractivity (Wildman–Crippen MR) is 55.3 cm³/mol. The molecule has 0 spiro atoms. The smallest absolute Gasteiger partial charge is 0.0386 e. The maximum Gasteiger partial charge on any atom is -0.0386 e. The van der Waals surface area contributed by atoms with Crippen LogP contribution in [0.4, 0.5) is 0 Å². The highest BCUT2D eigenvalue weighted by molar-refractivity contribution is 4.76. The molecule has 1 fully saturated rings. The summed E-state index contributed by atoms with van der Waals surface area (Å²) in [5.41, 5.74) is 0.